The van der Waals surface area contributed by atoms with E-state index in [0.717, 1.165) is 26.9 Å². The van der Waals surface area contributed by atoms with Crippen LogP contribution in [0.4, 0.5) is 18.9 Å². The zero-order valence-electron chi connectivity index (χ0n) is 17.2. The molecular weight excluding hydrogens is 552 g/mol. The van der Waals surface area contributed by atoms with Crippen LogP contribution in [0.5, 0.6) is 0 Å². The molecule has 4 nitrogen and oxygen atoms in total. The molecule has 0 atom stereocenters. The van der Waals surface area contributed by atoms with Crippen molar-refractivity contribution in [1.82, 2.24) is 4.98 Å². The van der Waals surface area contributed by atoms with E-state index in [0.29, 0.717) is 24.1 Å². The van der Waals surface area contributed by atoms with E-state index in [1.54, 1.807) is 0 Å². The van der Waals surface area contributed by atoms with E-state index < -0.39 is 31.7 Å². The van der Waals surface area contributed by atoms with Gasteiger partial charge in [0.05, 0.1) is 31.5 Å². The predicted octanol–water partition coefficient (Wildman–Crippen LogP) is 7.98. The Balaban J connectivity index is 1.60. The molecule has 0 spiro atoms. The number of alkyl halides is 3. The van der Waals surface area contributed by atoms with Crippen molar-refractivity contribution in [3.8, 4) is 0 Å². The Labute approximate surface area is 212 Å². The van der Waals surface area contributed by atoms with E-state index in [2.05, 4.69) is 9.71 Å². The molecule has 4 aromatic rings. The number of nitrogens with one attached hydrogen (secondary N) is 1. The highest BCUT2D eigenvalue weighted by atomic mass is 35.5. The topological polar surface area (TPSA) is 59.1 Å². The third-order valence-corrected chi connectivity index (χ3v) is 8.43. The highest BCUT2D eigenvalue weighted by Crippen LogP contribution is 2.36. The summed E-state index contributed by atoms with van der Waals surface area (Å²) in [7, 11) is -4.31. The number of hydrogen-bond donors (Lipinski definition) is 1. The predicted molar refractivity (Wildman–Crippen MR) is 131 cm³/mol. The Morgan fingerprint density at radius 3 is 2.26 bits per heavy atom. The zero-order chi connectivity index (χ0) is 24.8. The maximum atomic E-state index is 12.8. The summed E-state index contributed by atoms with van der Waals surface area (Å²) < 4.78 is 67.3. The van der Waals surface area contributed by atoms with E-state index in [1.807, 2.05) is 25.1 Å². The minimum Gasteiger partial charge on any atom is -0.279 e. The van der Waals surface area contributed by atoms with Crippen LogP contribution < -0.4 is 4.72 Å². The largest absolute Gasteiger partial charge is 0.416 e. The number of aryl methyl sites for hydroxylation is 1. The van der Waals surface area contributed by atoms with E-state index in [1.165, 1.54) is 23.5 Å². The molecule has 0 radical (unpaired) electrons. The minimum atomic E-state index is -4.65. The minimum absolute atomic E-state index is 0.0367. The Morgan fingerprint density at radius 2 is 1.65 bits per heavy atom. The lowest BCUT2D eigenvalue weighted by molar-refractivity contribution is -0.137. The van der Waals surface area contributed by atoms with E-state index >= 15 is 0 Å². The van der Waals surface area contributed by atoms with Gasteiger partial charge in [-0.3, -0.25) is 4.72 Å². The van der Waals surface area contributed by atoms with Crippen LogP contribution in [0.25, 0.3) is 10.2 Å². The molecule has 1 aromatic heterocycles. The van der Waals surface area contributed by atoms with Crippen molar-refractivity contribution >= 4 is 72.1 Å². The third-order valence-electron chi connectivity index (χ3n) is 4.86. The first-order valence-corrected chi connectivity index (χ1v) is 13.0. The molecule has 0 aliphatic heterocycles. The second-order valence-corrected chi connectivity index (χ2v) is 11.4. The third kappa shape index (κ3) is 5.28. The van der Waals surface area contributed by atoms with Crippen molar-refractivity contribution in [2.75, 3.05) is 4.72 Å². The fourth-order valence-corrected chi connectivity index (χ4v) is 6.41. The van der Waals surface area contributed by atoms with Gasteiger partial charge in [0.2, 0.25) is 0 Å². The van der Waals surface area contributed by atoms with Gasteiger partial charge in [0.15, 0.2) is 0 Å². The van der Waals surface area contributed by atoms with Crippen molar-refractivity contribution in [2.24, 2.45) is 0 Å². The number of nitrogens with zero attached hydrogens (tertiary/aromatic N) is 1. The summed E-state index contributed by atoms with van der Waals surface area (Å²) in [5.74, 6) is 0. The smallest absolute Gasteiger partial charge is 0.279 e. The number of hydrogen-bond acceptors (Lipinski definition) is 4. The van der Waals surface area contributed by atoms with Crippen LogP contribution in [0.15, 0.2) is 53.4 Å². The van der Waals surface area contributed by atoms with Gasteiger partial charge in [-0.1, -0.05) is 40.9 Å². The standard InChI is InChI=1S/C22H14Cl3F3N2O2S2/c1-11-2-4-19-18(6-11)29-21(33-19)10-14-15(23)8-13(9-16(14)24)30-34(31,32)20-5-3-12(7-17(20)25)22(26,27)28/h2-9,30H,10H2,1H3. The molecule has 0 saturated heterocycles. The lowest BCUT2D eigenvalue weighted by atomic mass is 10.1. The average Bonchev–Trinajstić information content (AvgIpc) is 3.11. The van der Waals surface area contributed by atoms with Gasteiger partial charge in [0.1, 0.15) is 4.90 Å². The van der Waals surface area contributed by atoms with Crippen LogP contribution in [0.2, 0.25) is 15.1 Å². The molecule has 0 saturated carbocycles. The second kappa shape index (κ2) is 9.20. The van der Waals surface area contributed by atoms with Crippen molar-refractivity contribution in [3.05, 3.63) is 85.3 Å². The van der Waals surface area contributed by atoms with E-state index in [9.17, 15) is 21.6 Å². The van der Waals surface area contributed by atoms with Gasteiger partial charge in [-0.25, -0.2) is 13.4 Å². The Morgan fingerprint density at radius 1 is 0.971 bits per heavy atom. The molecule has 12 heteroatoms. The molecule has 0 aliphatic carbocycles. The summed E-state index contributed by atoms with van der Waals surface area (Å²) in [6.45, 7) is 1.98. The normalized spacial score (nSPS) is 12.3. The van der Waals surface area contributed by atoms with Crippen molar-refractivity contribution in [1.29, 1.82) is 0 Å². The fraction of sp³-hybridized carbons (Fsp3) is 0.136. The Hall–Kier alpha value is -2.04. The summed E-state index contributed by atoms with van der Waals surface area (Å²) in [4.78, 5) is 4.09. The molecule has 0 unspecified atom stereocenters. The molecule has 0 aliphatic rings. The highest BCUT2D eigenvalue weighted by Gasteiger charge is 2.32. The molecule has 0 fully saturated rings. The average molecular weight is 566 g/mol. The summed E-state index contributed by atoms with van der Waals surface area (Å²) in [6, 6.07) is 10.7. The number of aromatic nitrogens is 1. The molecule has 34 heavy (non-hydrogen) atoms. The molecule has 178 valence electrons. The highest BCUT2D eigenvalue weighted by molar-refractivity contribution is 7.92. The van der Waals surface area contributed by atoms with Gasteiger partial charge in [0, 0.05) is 16.5 Å². The first kappa shape index (κ1) is 25.1. The number of benzene rings is 3. The summed E-state index contributed by atoms with van der Waals surface area (Å²) >= 11 is 20.1. The lowest BCUT2D eigenvalue weighted by Gasteiger charge is -2.14. The molecule has 3 aromatic carbocycles. The van der Waals surface area contributed by atoms with Crippen LogP contribution in [-0.2, 0) is 22.6 Å². The quantitative estimate of drug-likeness (QED) is 0.267. The van der Waals surface area contributed by atoms with Crippen molar-refractivity contribution < 1.29 is 21.6 Å². The van der Waals surface area contributed by atoms with Crippen LogP contribution in [0.3, 0.4) is 0 Å². The number of fused-ring (bicyclic) bond motifs is 1. The monoisotopic (exact) mass is 564 g/mol. The number of rotatable bonds is 5. The molecule has 1 N–H and O–H groups in total. The second-order valence-electron chi connectivity index (χ2n) is 7.42. The number of anilines is 1. The number of halogens is 6. The molecule has 0 bridgehead atoms. The molecule has 1 heterocycles. The summed E-state index contributed by atoms with van der Waals surface area (Å²) in [5.41, 5.74) is 1.50. The van der Waals surface area contributed by atoms with Gasteiger partial charge in [-0.15, -0.1) is 11.3 Å². The maximum absolute atomic E-state index is 12.8. The molecule has 4 rings (SSSR count). The first-order chi connectivity index (χ1) is 15.8. The Bertz CT molecular complexity index is 1500. The van der Waals surface area contributed by atoms with Gasteiger partial charge in [-0.2, -0.15) is 13.2 Å². The van der Waals surface area contributed by atoms with Crippen LogP contribution in [-0.4, -0.2) is 13.4 Å². The van der Waals surface area contributed by atoms with Gasteiger partial charge in [-0.05, 0) is 60.5 Å². The van der Waals surface area contributed by atoms with Gasteiger partial charge in [0.25, 0.3) is 10.0 Å². The molecule has 0 amide bonds. The summed E-state index contributed by atoms with van der Waals surface area (Å²) in [6.07, 6.45) is -4.31. The van der Waals surface area contributed by atoms with E-state index in [-0.39, 0.29) is 15.7 Å². The van der Waals surface area contributed by atoms with Crippen LogP contribution in [0, 0.1) is 6.92 Å². The van der Waals surface area contributed by atoms with Gasteiger partial charge < -0.3 is 0 Å². The summed E-state index contributed by atoms with van der Waals surface area (Å²) in [5, 5.41) is 0.634. The lowest BCUT2D eigenvalue weighted by Crippen LogP contribution is -2.14. The van der Waals surface area contributed by atoms with E-state index in [4.69, 9.17) is 34.8 Å². The Kier molecular flexibility index (Phi) is 6.78. The van der Waals surface area contributed by atoms with Crippen LogP contribution in [0.1, 0.15) is 21.7 Å². The zero-order valence-corrected chi connectivity index (χ0v) is 21.1. The van der Waals surface area contributed by atoms with Crippen molar-refractivity contribution in [3.63, 3.8) is 0 Å². The number of sulfonamides is 1. The van der Waals surface area contributed by atoms with Crippen molar-refractivity contribution in [2.45, 2.75) is 24.4 Å². The number of thiazole rings is 1. The maximum Gasteiger partial charge on any atom is 0.416 e. The first-order valence-electron chi connectivity index (χ1n) is 9.57. The van der Waals surface area contributed by atoms with Gasteiger partial charge >= 0.3 is 6.18 Å². The van der Waals surface area contributed by atoms with Crippen LogP contribution >= 0.6 is 46.1 Å². The molecular formula is C22H14Cl3F3N2O2S2. The SMILES string of the molecule is Cc1ccc2sc(Cc3c(Cl)cc(NS(=O)(=O)c4ccc(C(F)(F)F)cc4Cl)cc3Cl)nc2c1. The fourth-order valence-electron chi connectivity index (χ4n) is 3.25.